The van der Waals surface area contributed by atoms with Crippen molar-refractivity contribution in [3.05, 3.63) is 48.5 Å². The number of anilines is 2. The third-order valence-electron chi connectivity index (χ3n) is 6.45. The van der Waals surface area contributed by atoms with E-state index in [9.17, 15) is 0 Å². The molecule has 0 spiro atoms. The van der Waals surface area contributed by atoms with Gasteiger partial charge in [0.2, 0.25) is 0 Å². The first-order valence-electron chi connectivity index (χ1n) is 11.4. The highest BCUT2D eigenvalue weighted by Crippen LogP contribution is 2.32. The lowest BCUT2D eigenvalue weighted by Crippen LogP contribution is -2.46. The number of rotatable bonds is 7. The minimum absolute atomic E-state index is 0. The summed E-state index contributed by atoms with van der Waals surface area (Å²) in [6, 6.07) is 16.8. The van der Waals surface area contributed by atoms with E-state index in [0.29, 0.717) is 12.0 Å². The van der Waals surface area contributed by atoms with Crippen molar-refractivity contribution in [1.29, 1.82) is 0 Å². The highest BCUT2D eigenvalue weighted by molar-refractivity contribution is 14.0. The molecule has 2 aromatic rings. The molecule has 2 saturated heterocycles. The number of hydrogen-bond donors (Lipinski definition) is 2. The molecule has 4 rings (SSSR count). The number of methoxy groups -OCH3 is 2. The van der Waals surface area contributed by atoms with Gasteiger partial charge in [0.25, 0.3) is 0 Å². The van der Waals surface area contributed by atoms with Gasteiger partial charge in [-0.25, -0.2) is 0 Å². The zero-order chi connectivity index (χ0) is 22.3. The molecule has 2 unspecified atom stereocenters. The van der Waals surface area contributed by atoms with E-state index in [2.05, 4.69) is 49.7 Å². The highest BCUT2D eigenvalue weighted by Gasteiger charge is 2.27. The third-order valence-corrected chi connectivity index (χ3v) is 6.45. The van der Waals surface area contributed by atoms with Crippen molar-refractivity contribution in [3.8, 4) is 11.5 Å². The average molecular weight is 566 g/mol. The normalized spacial score (nSPS) is 20.4. The molecule has 2 fully saturated rings. The Kier molecular flexibility index (Phi) is 9.34. The van der Waals surface area contributed by atoms with Gasteiger partial charge < -0.3 is 29.9 Å². The zero-order valence-electron chi connectivity index (χ0n) is 19.8. The van der Waals surface area contributed by atoms with Crippen molar-refractivity contribution < 1.29 is 9.47 Å². The molecule has 2 aliphatic rings. The van der Waals surface area contributed by atoms with Gasteiger partial charge in [0.15, 0.2) is 5.96 Å². The van der Waals surface area contributed by atoms with Crippen molar-refractivity contribution in [2.45, 2.75) is 18.9 Å². The number of benzene rings is 2. The van der Waals surface area contributed by atoms with Crippen LogP contribution in [0.1, 0.15) is 12.8 Å². The maximum absolute atomic E-state index is 5.54. The lowest BCUT2D eigenvalue weighted by atomic mass is 10.1. The Bertz CT molecular complexity index is 925. The van der Waals surface area contributed by atoms with Gasteiger partial charge >= 0.3 is 0 Å². The predicted octanol–water partition coefficient (Wildman–Crippen LogP) is 3.59. The van der Waals surface area contributed by atoms with Crippen LogP contribution in [0.5, 0.6) is 11.5 Å². The molecular formula is C25H36IN5O2. The first-order valence-corrected chi connectivity index (χ1v) is 11.4. The Balaban J connectivity index is 0.00000306. The third kappa shape index (κ3) is 6.16. The van der Waals surface area contributed by atoms with Crippen molar-refractivity contribution in [3.63, 3.8) is 0 Å². The van der Waals surface area contributed by atoms with Crippen LogP contribution >= 0.6 is 24.0 Å². The van der Waals surface area contributed by atoms with Crippen LogP contribution in [-0.4, -0.2) is 66.0 Å². The van der Waals surface area contributed by atoms with Crippen LogP contribution in [0.4, 0.5) is 11.4 Å². The van der Waals surface area contributed by atoms with Crippen LogP contribution < -0.4 is 29.9 Å². The van der Waals surface area contributed by atoms with Crippen LogP contribution in [0.25, 0.3) is 0 Å². The maximum atomic E-state index is 5.54. The zero-order valence-corrected chi connectivity index (χ0v) is 22.1. The molecule has 2 heterocycles. The van der Waals surface area contributed by atoms with E-state index in [4.69, 9.17) is 9.47 Å². The Morgan fingerprint density at radius 1 is 0.909 bits per heavy atom. The van der Waals surface area contributed by atoms with E-state index in [1.807, 2.05) is 31.3 Å². The summed E-state index contributed by atoms with van der Waals surface area (Å²) in [6.07, 6.45) is 2.23. The number of para-hydroxylation sites is 4. The van der Waals surface area contributed by atoms with Crippen LogP contribution in [0.15, 0.2) is 53.5 Å². The molecular weight excluding hydrogens is 529 g/mol. The molecule has 2 atom stereocenters. The number of nitrogens with one attached hydrogen (secondary N) is 2. The predicted molar refractivity (Wildman–Crippen MR) is 147 cm³/mol. The van der Waals surface area contributed by atoms with Gasteiger partial charge in [-0.15, -0.1) is 24.0 Å². The lowest BCUT2D eigenvalue weighted by Gasteiger charge is -2.23. The van der Waals surface area contributed by atoms with Gasteiger partial charge in [0, 0.05) is 45.8 Å². The summed E-state index contributed by atoms with van der Waals surface area (Å²) >= 11 is 0. The van der Waals surface area contributed by atoms with Gasteiger partial charge in [0.1, 0.15) is 11.5 Å². The second kappa shape index (κ2) is 12.2. The first-order chi connectivity index (χ1) is 15.7. The molecule has 0 amide bonds. The van der Waals surface area contributed by atoms with Crippen LogP contribution in [0, 0.1) is 5.92 Å². The van der Waals surface area contributed by atoms with Crippen molar-refractivity contribution >= 4 is 41.3 Å². The summed E-state index contributed by atoms with van der Waals surface area (Å²) in [5.74, 6) is 3.33. The Morgan fingerprint density at radius 3 is 2.09 bits per heavy atom. The fraction of sp³-hybridized carbons (Fsp3) is 0.480. The average Bonchev–Trinajstić information content (AvgIpc) is 3.51. The number of ether oxygens (including phenoxy) is 2. The molecule has 7 nitrogen and oxygen atoms in total. The summed E-state index contributed by atoms with van der Waals surface area (Å²) in [7, 11) is 5.31. The smallest absolute Gasteiger partial charge is 0.191 e. The Morgan fingerprint density at radius 2 is 1.48 bits per heavy atom. The summed E-state index contributed by atoms with van der Waals surface area (Å²) < 4.78 is 11.1. The standard InChI is InChI=1S/C25H35N5O2.HI/c1-26-25(28-20-13-15-30(18-20)22-9-5-7-11-24(22)32-3)27-16-19-12-14-29(17-19)21-8-4-6-10-23(21)31-2;/h4-11,19-20H,12-18H2,1-3H3,(H2,26,27,28);1H. The minimum atomic E-state index is 0. The lowest BCUT2D eigenvalue weighted by molar-refractivity contribution is 0.414. The molecule has 33 heavy (non-hydrogen) atoms. The first kappa shape index (κ1) is 25.3. The van der Waals surface area contributed by atoms with Gasteiger partial charge in [0.05, 0.1) is 25.6 Å². The van der Waals surface area contributed by atoms with Crippen molar-refractivity contribution in [2.24, 2.45) is 10.9 Å². The fourth-order valence-electron chi connectivity index (χ4n) is 4.73. The SMILES string of the molecule is CN=C(NCC1CCN(c2ccccc2OC)C1)NC1CCN(c2ccccc2OC)C1.I. The number of aliphatic imine (C=N–C) groups is 1. The quantitative estimate of drug-likeness (QED) is 0.304. The summed E-state index contributed by atoms with van der Waals surface area (Å²) in [5.41, 5.74) is 2.34. The molecule has 0 aromatic heterocycles. The van der Waals surface area contributed by atoms with Crippen LogP contribution in [0.3, 0.4) is 0 Å². The van der Waals surface area contributed by atoms with Crippen molar-refractivity contribution in [1.82, 2.24) is 10.6 Å². The second-order valence-corrected chi connectivity index (χ2v) is 8.47. The molecule has 0 bridgehead atoms. The molecule has 0 saturated carbocycles. The topological polar surface area (TPSA) is 61.4 Å². The monoisotopic (exact) mass is 565 g/mol. The van der Waals surface area contributed by atoms with E-state index in [1.165, 1.54) is 5.69 Å². The molecule has 0 aliphatic carbocycles. The molecule has 2 aliphatic heterocycles. The van der Waals surface area contributed by atoms with E-state index in [-0.39, 0.29) is 24.0 Å². The molecule has 2 N–H and O–H groups in total. The van der Waals surface area contributed by atoms with E-state index in [1.54, 1.807) is 14.2 Å². The molecule has 180 valence electrons. The highest BCUT2D eigenvalue weighted by atomic mass is 127. The Labute approximate surface area is 214 Å². The number of halogens is 1. The van der Waals surface area contributed by atoms with Gasteiger partial charge in [-0.3, -0.25) is 4.99 Å². The second-order valence-electron chi connectivity index (χ2n) is 8.47. The largest absolute Gasteiger partial charge is 0.495 e. The number of nitrogens with zero attached hydrogens (tertiary/aromatic N) is 3. The van der Waals surface area contributed by atoms with E-state index in [0.717, 1.165) is 68.7 Å². The number of hydrogen-bond acceptors (Lipinski definition) is 5. The van der Waals surface area contributed by atoms with Crippen molar-refractivity contribution in [2.75, 3.05) is 63.8 Å². The Hall–Kier alpha value is -2.36. The van der Waals surface area contributed by atoms with Crippen LogP contribution in [0.2, 0.25) is 0 Å². The fourth-order valence-corrected chi connectivity index (χ4v) is 4.73. The number of guanidine groups is 1. The maximum Gasteiger partial charge on any atom is 0.191 e. The molecule has 0 radical (unpaired) electrons. The molecule has 2 aromatic carbocycles. The van der Waals surface area contributed by atoms with Gasteiger partial charge in [-0.1, -0.05) is 24.3 Å². The summed E-state index contributed by atoms with van der Waals surface area (Å²) in [4.78, 5) is 9.27. The van der Waals surface area contributed by atoms with E-state index < -0.39 is 0 Å². The molecule has 8 heteroatoms. The van der Waals surface area contributed by atoms with Gasteiger partial charge in [-0.05, 0) is 43.0 Å². The summed E-state index contributed by atoms with van der Waals surface area (Å²) in [5, 5.41) is 7.16. The van der Waals surface area contributed by atoms with E-state index >= 15 is 0 Å². The minimum Gasteiger partial charge on any atom is -0.495 e. The van der Waals surface area contributed by atoms with Crippen LogP contribution in [-0.2, 0) is 0 Å². The van der Waals surface area contributed by atoms with Gasteiger partial charge in [-0.2, -0.15) is 0 Å². The summed E-state index contributed by atoms with van der Waals surface area (Å²) in [6.45, 7) is 4.93.